The molecule has 0 saturated carbocycles. The third kappa shape index (κ3) is 8.20. The van der Waals surface area contributed by atoms with Gasteiger partial charge in [0.05, 0.1) is 19.3 Å². The van der Waals surface area contributed by atoms with E-state index in [-0.39, 0.29) is 19.1 Å². The third-order valence-corrected chi connectivity index (χ3v) is 4.40. The fourth-order valence-electron chi connectivity index (χ4n) is 3.06. The van der Waals surface area contributed by atoms with Crippen LogP contribution in [-0.4, -0.2) is 42.6 Å². The minimum atomic E-state index is -1.02. The van der Waals surface area contributed by atoms with E-state index in [2.05, 4.69) is 0 Å². The molecule has 0 aliphatic carbocycles. The standard InChI is InChI=1S/C24H31NO7/c1-5-29-20-10-8-19(9-11-20)25-24(28)31-15-18-13-17(7-12-21(18)30-6-2)14-22(23(26)27)32-16(3)4/h7-13,16,22H,5-6,14-15H2,1-4H3,(H,25,28)(H,26,27)/p+1. The number of aliphatic carboxylic acids is 1. The van der Waals surface area contributed by atoms with Gasteiger partial charge >= 0.3 is 12.1 Å². The van der Waals surface area contributed by atoms with Crippen LogP contribution in [0, 0.1) is 0 Å². The van der Waals surface area contributed by atoms with Crippen molar-refractivity contribution in [2.75, 3.05) is 13.2 Å². The van der Waals surface area contributed by atoms with Gasteiger partial charge in [0.2, 0.25) is 0 Å². The molecule has 2 aromatic carbocycles. The molecule has 0 fully saturated rings. The van der Waals surface area contributed by atoms with E-state index in [1.807, 2.05) is 13.8 Å². The summed E-state index contributed by atoms with van der Waals surface area (Å²) in [5.74, 6) is 0.296. The zero-order chi connectivity index (χ0) is 23.5. The molecule has 1 atom stereocenters. The average Bonchev–Trinajstić information content (AvgIpc) is 2.74. The smallest absolute Gasteiger partial charge is 0.494 e. The summed E-state index contributed by atoms with van der Waals surface area (Å²) < 4.78 is 21.9. The van der Waals surface area contributed by atoms with E-state index in [1.54, 1.807) is 56.3 Å². The number of hydrogen-bond acceptors (Lipinski definition) is 6. The van der Waals surface area contributed by atoms with Crippen LogP contribution in [0.25, 0.3) is 0 Å². The van der Waals surface area contributed by atoms with Gasteiger partial charge in [-0.15, -0.1) is 0 Å². The van der Waals surface area contributed by atoms with E-state index in [0.29, 0.717) is 30.2 Å². The fourth-order valence-corrected chi connectivity index (χ4v) is 3.06. The molecule has 0 aliphatic rings. The van der Waals surface area contributed by atoms with Gasteiger partial charge < -0.3 is 24.1 Å². The van der Waals surface area contributed by atoms with Crippen LogP contribution >= 0.6 is 0 Å². The predicted octanol–water partition coefficient (Wildman–Crippen LogP) is 3.44. The zero-order valence-electron chi connectivity index (χ0n) is 19.0. The molecule has 8 heteroatoms. The van der Waals surface area contributed by atoms with Gasteiger partial charge in [0.1, 0.15) is 23.8 Å². The Hall–Kier alpha value is -3.10. The van der Waals surface area contributed by atoms with E-state index >= 15 is 0 Å². The van der Waals surface area contributed by atoms with E-state index in [9.17, 15) is 14.7 Å². The SMILES string of the molecule is CCOc1ccc([NH2+]C(=O)OCc2cc(CC(OC(C)C)C(=O)O)ccc2OCC)cc1. The molecule has 2 rings (SSSR count). The van der Waals surface area contributed by atoms with Crippen molar-refractivity contribution >= 4 is 17.7 Å². The van der Waals surface area contributed by atoms with Crippen LogP contribution in [0.5, 0.6) is 11.5 Å². The van der Waals surface area contributed by atoms with Crippen molar-refractivity contribution in [3.05, 3.63) is 53.6 Å². The summed E-state index contributed by atoms with van der Waals surface area (Å²) in [6, 6.07) is 12.5. The van der Waals surface area contributed by atoms with Gasteiger partial charge in [-0.05, 0) is 57.5 Å². The summed E-state index contributed by atoms with van der Waals surface area (Å²) in [5.41, 5.74) is 2.11. The number of amides is 1. The minimum absolute atomic E-state index is 0.00167. The summed E-state index contributed by atoms with van der Waals surface area (Å²) in [4.78, 5) is 23.8. The van der Waals surface area contributed by atoms with Gasteiger partial charge in [-0.1, -0.05) is 6.07 Å². The van der Waals surface area contributed by atoms with Crippen LogP contribution in [0.4, 0.5) is 10.5 Å². The fraction of sp³-hybridized carbons (Fsp3) is 0.417. The van der Waals surface area contributed by atoms with Crippen LogP contribution in [0.15, 0.2) is 42.5 Å². The number of rotatable bonds is 12. The van der Waals surface area contributed by atoms with Crippen LogP contribution in [0.3, 0.4) is 0 Å². The maximum absolute atomic E-state index is 12.3. The predicted molar refractivity (Wildman–Crippen MR) is 118 cm³/mol. The van der Waals surface area contributed by atoms with E-state index in [0.717, 1.165) is 11.3 Å². The molecule has 0 spiro atoms. The number of carbonyl (C=O) groups is 2. The number of carboxylic acid groups (broad SMARTS) is 1. The second-order valence-corrected chi connectivity index (χ2v) is 7.35. The Kier molecular flexibility index (Phi) is 9.97. The Bertz CT molecular complexity index is 880. The summed E-state index contributed by atoms with van der Waals surface area (Å²) in [6.07, 6.45) is -1.47. The van der Waals surface area contributed by atoms with Gasteiger partial charge in [-0.3, -0.25) is 0 Å². The maximum atomic E-state index is 12.3. The summed E-state index contributed by atoms with van der Waals surface area (Å²) in [7, 11) is 0. The highest BCUT2D eigenvalue weighted by Gasteiger charge is 2.21. The highest BCUT2D eigenvalue weighted by Crippen LogP contribution is 2.23. The largest absolute Gasteiger partial charge is 0.518 e. The Balaban J connectivity index is 2.05. The third-order valence-electron chi connectivity index (χ3n) is 4.40. The molecule has 0 saturated heterocycles. The molecular formula is C24H32NO7+. The molecule has 8 nitrogen and oxygen atoms in total. The van der Waals surface area contributed by atoms with Crippen LogP contribution < -0.4 is 14.8 Å². The lowest BCUT2D eigenvalue weighted by atomic mass is 10.0. The lowest BCUT2D eigenvalue weighted by molar-refractivity contribution is -0.483. The Morgan fingerprint density at radius 2 is 1.69 bits per heavy atom. The van der Waals surface area contributed by atoms with Crippen LogP contribution in [0.2, 0.25) is 0 Å². The number of carbonyl (C=O) groups excluding carboxylic acids is 1. The maximum Gasteiger partial charge on any atom is 0.518 e. The van der Waals surface area contributed by atoms with Gasteiger partial charge in [0, 0.05) is 24.1 Å². The summed E-state index contributed by atoms with van der Waals surface area (Å²) >= 11 is 0. The topological polar surface area (TPSA) is 108 Å². The molecule has 1 amide bonds. The average molecular weight is 447 g/mol. The molecule has 3 N–H and O–H groups in total. The first kappa shape index (κ1) is 25.2. The number of carboxylic acids is 1. The molecule has 0 radical (unpaired) electrons. The highest BCUT2D eigenvalue weighted by molar-refractivity contribution is 5.72. The number of quaternary nitrogens is 1. The van der Waals surface area contributed by atoms with Crippen molar-refractivity contribution < 1.29 is 39.0 Å². The Morgan fingerprint density at radius 1 is 1.00 bits per heavy atom. The van der Waals surface area contributed by atoms with Gasteiger partial charge in [-0.2, -0.15) is 4.79 Å². The van der Waals surface area contributed by atoms with Crippen molar-refractivity contribution in [1.82, 2.24) is 0 Å². The first-order valence-electron chi connectivity index (χ1n) is 10.7. The van der Waals surface area contributed by atoms with Crippen molar-refractivity contribution in [2.45, 2.75) is 52.9 Å². The monoisotopic (exact) mass is 446 g/mol. The minimum Gasteiger partial charge on any atom is -0.494 e. The first-order valence-corrected chi connectivity index (χ1v) is 10.7. The number of benzene rings is 2. The first-order chi connectivity index (χ1) is 15.3. The normalized spacial score (nSPS) is 11.8. The van der Waals surface area contributed by atoms with Gasteiger partial charge in [0.15, 0.2) is 6.10 Å². The lowest BCUT2D eigenvalue weighted by Crippen LogP contribution is -2.82. The van der Waals surface area contributed by atoms with Crippen molar-refractivity contribution in [3.63, 3.8) is 0 Å². The molecular weight excluding hydrogens is 414 g/mol. The van der Waals surface area contributed by atoms with Crippen LogP contribution in [0.1, 0.15) is 38.8 Å². The number of hydrogen-bond donors (Lipinski definition) is 2. The lowest BCUT2D eigenvalue weighted by Gasteiger charge is -2.18. The molecule has 174 valence electrons. The molecule has 0 aromatic heterocycles. The quantitative estimate of drug-likeness (QED) is 0.481. The second-order valence-electron chi connectivity index (χ2n) is 7.35. The molecule has 0 aliphatic heterocycles. The van der Waals surface area contributed by atoms with E-state index < -0.39 is 18.2 Å². The molecule has 32 heavy (non-hydrogen) atoms. The second kappa shape index (κ2) is 12.7. The molecule has 0 heterocycles. The number of nitrogens with two attached hydrogens (primary N) is 1. The molecule has 0 bridgehead atoms. The summed E-state index contributed by atoms with van der Waals surface area (Å²) in [6.45, 7) is 8.37. The number of primary amides is 1. The molecule has 2 aromatic rings. The van der Waals surface area contributed by atoms with Crippen molar-refractivity contribution in [1.29, 1.82) is 0 Å². The highest BCUT2D eigenvalue weighted by atomic mass is 16.5. The van der Waals surface area contributed by atoms with E-state index in [4.69, 9.17) is 18.9 Å². The Labute approximate surface area is 188 Å². The van der Waals surface area contributed by atoms with E-state index in [1.165, 1.54) is 5.32 Å². The van der Waals surface area contributed by atoms with Gasteiger partial charge in [-0.25, -0.2) is 10.1 Å². The summed E-state index contributed by atoms with van der Waals surface area (Å²) in [5, 5.41) is 10.8. The zero-order valence-corrected chi connectivity index (χ0v) is 19.0. The Morgan fingerprint density at radius 3 is 2.28 bits per heavy atom. The van der Waals surface area contributed by atoms with Crippen molar-refractivity contribution in [3.8, 4) is 11.5 Å². The van der Waals surface area contributed by atoms with Crippen molar-refractivity contribution in [2.24, 2.45) is 0 Å². The number of ether oxygens (including phenoxy) is 4. The van der Waals surface area contributed by atoms with Crippen LogP contribution in [-0.2, 0) is 27.3 Å². The van der Waals surface area contributed by atoms with Gasteiger partial charge in [0.25, 0.3) is 0 Å². The molecule has 1 unspecified atom stereocenters.